The highest BCUT2D eigenvalue weighted by Gasteiger charge is 2.47. The highest BCUT2D eigenvalue weighted by Crippen LogP contribution is 2.47. The standard InChI is InChI=1S/C19H13F3N4O4/c20-19(21,22)29-13-1-2-15-11(5-13)3-4-18(15)7-16(26-30-18)28-14-6-12(8-23-9-14)17-25-24-10-27-17/h1-2,5-6,8-10H,3-4,7H2/t18-/m1/s1. The minimum Gasteiger partial charge on any atom is -0.438 e. The lowest BCUT2D eigenvalue weighted by molar-refractivity contribution is -0.274. The molecule has 0 unspecified atom stereocenters. The Kier molecular flexibility index (Phi) is 4.12. The van der Waals surface area contributed by atoms with Crippen molar-refractivity contribution >= 4 is 5.90 Å². The molecule has 1 aliphatic carbocycles. The molecular weight excluding hydrogens is 405 g/mol. The van der Waals surface area contributed by atoms with Crippen LogP contribution in [-0.4, -0.2) is 27.4 Å². The minimum absolute atomic E-state index is 0.252. The summed E-state index contributed by atoms with van der Waals surface area (Å²) >= 11 is 0. The Morgan fingerprint density at radius 2 is 2.00 bits per heavy atom. The molecule has 1 spiro atoms. The van der Waals surface area contributed by atoms with Crippen LogP contribution in [0.4, 0.5) is 13.2 Å². The highest BCUT2D eigenvalue weighted by molar-refractivity contribution is 5.81. The normalized spacial score (nSPS) is 20.0. The van der Waals surface area contributed by atoms with Crippen molar-refractivity contribution in [2.45, 2.75) is 31.2 Å². The molecule has 3 heterocycles. The maximum absolute atomic E-state index is 12.5. The average Bonchev–Trinajstić information content (AvgIpc) is 3.43. The summed E-state index contributed by atoms with van der Waals surface area (Å²) in [5.41, 5.74) is 1.33. The number of pyridine rings is 1. The number of oxime groups is 1. The Morgan fingerprint density at radius 3 is 2.80 bits per heavy atom. The summed E-state index contributed by atoms with van der Waals surface area (Å²) in [6.07, 6.45) is 0.992. The molecule has 2 aliphatic rings. The van der Waals surface area contributed by atoms with Crippen LogP contribution in [-0.2, 0) is 16.9 Å². The Hall–Kier alpha value is -3.63. The zero-order chi connectivity index (χ0) is 20.8. The molecule has 0 bridgehead atoms. The molecule has 5 rings (SSSR count). The summed E-state index contributed by atoms with van der Waals surface area (Å²) in [6, 6.07) is 5.92. The van der Waals surface area contributed by atoms with Gasteiger partial charge in [0.15, 0.2) is 5.60 Å². The number of hydrogen-bond donors (Lipinski definition) is 0. The first-order valence-electron chi connectivity index (χ1n) is 8.94. The van der Waals surface area contributed by atoms with E-state index in [1.807, 2.05) is 0 Å². The van der Waals surface area contributed by atoms with Crippen molar-refractivity contribution in [1.82, 2.24) is 15.2 Å². The van der Waals surface area contributed by atoms with Crippen molar-refractivity contribution in [3.63, 3.8) is 0 Å². The monoisotopic (exact) mass is 418 g/mol. The molecule has 1 atom stereocenters. The molecule has 0 radical (unpaired) electrons. The zero-order valence-corrected chi connectivity index (χ0v) is 15.2. The number of halogens is 3. The van der Waals surface area contributed by atoms with Crippen molar-refractivity contribution in [2.24, 2.45) is 5.16 Å². The van der Waals surface area contributed by atoms with Crippen LogP contribution in [0, 0.1) is 0 Å². The Labute approximate surface area is 167 Å². The number of aromatic nitrogens is 3. The Balaban J connectivity index is 1.32. The van der Waals surface area contributed by atoms with Crippen LogP contribution in [0.2, 0.25) is 0 Å². The molecule has 1 aromatic carbocycles. The first-order chi connectivity index (χ1) is 14.4. The molecule has 3 aromatic rings. The summed E-state index contributed by atoms with van der Waals surface area (Å²) in [5, 5.41) is 11.5. The number of benzene rings is 1. The van der Waals surface area contributed by atoms with Crippen LogP contribution in [0.1, 0.15) is 24.0 Å². The van der Waals surface area contributed by atoms with Crippen molar-refractivity contribution in [2.75, 3.05) is 0 Å². The quantitative estimate of drug-likeness (QED) is 0.635. The van der Waals surface area contributed by atoms with Crippen LogP contribution in [0.15, 0.2) is 52.6 Å². The fraction of sp³-hybridized carbons (Fsp3) is 0.263. The topological polar surface area (TPSA) is 91.9 Å². The van der Waals surface area contributed by atoms with Crippen LogP contribution >= 0.6 is 0 Å². The second-order valence-electron chi connectivity index (χ2n) is 6.87. The second kappa shape index (κ2) is 6.71. The van der Waals surface area contributed by atoms with Gasteiger partial charge in [-0.3, -0.25) is 4.98 Å². The molecule has 1 aliphatic heterocycles. The summed E-state index contributed by atoms with van der Waals surface area (Å²) in [5.74, 6) is 0.799. The van der Waals surface area contributed by atoms with E-state index in [2.05, 4.69) is 25.1 Å². The average molecular weight is 418 g/mol. The second-order valence-corrected chi connectivity index (χ2v) is 6.87. The number of ether oxygens (including phenoxy) is 2. The Morgan fingerprint density at radius 1 is 1.10 bits per heavy atom. The van der Waals surface area contributed by atoms with Gasteiger partial charge in [0.2, 0.25) is 18.2 Å². The van der Waals surface area contributed by atoms with Crippen molar-refractivity contribution in [3.8, 4) is 23.0 Å². The molecule has 0 saturated heterocycles. The van der Waals surface area contributed by atoms with Gasteiger partial charge in [0, 0.05) is 11.8 Å². The van der Waals surface area contributed by atoms with Crippen LogP contribution in [0.5, 0.6) is 11.5 Å². The van der Waals surface area contributed by atoms with Gasteiger partial charge in [-0.15, -0.1) is 23.4 Å². The van der Waals surface area contributed by atoms with Crippen molar-refractivity contribution in [3.05, 3.63) is 54.2 Å². The van der Waals surface area contributed by atoms with E-state index in [-0.39, 0.29) is 5.75 Å². The van der Waals surface area contributed by atoms with Crippen molar-refractivity contribution in [1.29, 1.82) is 0 Å². The van der Waals surface area contributed by atoms with Gasteiger partial charge < -0.3 is 18.7 Å². The van der Waals surface area contributed by atoms with Gasteiger partial charge in [-0.2, -0.15) is 0 Å². The molecule has 0 fully saturated rings. The van der Waals surface area contributed by atoms with Gasteiger partial charge in [0.1, 0.15) is 11.5 Å². The van der Waals surface area contributed by atoms with E-state index >= 15 is 0 Å². The molecule has 0 saturated carbocycles. The van der Waals surface area contributed by atoms with E-state index in [9.17, 15) is 13.2 Å². The smallest absolute Gasteiger partial charge is 0.438 e. The number of nitrogens with zero attached hydrogens (tertiary/aromatic N) is 4. The van der Waals surface area contributed by atoms with Gasteiger partial charge in [-0.1, -0.05) is 11.2 Å². The summed E-state index contributed by atoms with van der Waals surface area (Å²) in [7, 11) is 0. The van der Waals surface area contributed by atoms with Gasteiger partial charge in [0.05, 0.1) is 18.2 Å². The van der Waals surface area contributed by atoms with E-state index in [1.165, 1.54) is 24.7 Å². The number of fused-ring (bicyclic) bond motifs is 2. The van der Waals surface area contributed by atoms with Crippen molar-refractivity contribution < 1.29 is 31.9 Å². The van der Waals surface area contributed by atoms with E-state index in [1.54, 1.807) is 18.3 Å². The first-order valence-corrected chi connectivity index (χ1v) is 8.94. The third-order valence-corrected chi connectivity index (χ3v) is 4.91. The molecule has 2 aromatic heterocycles. The molecule has 0 N–H and O–H groups in total. The summed E-state index contributed by atoms with van der Waals surface area (Å²) in [4.78, 5) is 9.79. The van der Waals surface area contributed by atoms with E-state index in [4.69, 9.17) is 14.0 Å². The largest absolute Gasteiger partial charge is 0.573 e. The molecule has 154 valence electrons. The predicted molar refractivity (Wildman–Crippen MR) is 94.4 cm³/mol. The Bertz CT molecular complexity index is 1120. The number of hydrogen-bond acceptors (Lipinski definition) is 8. The van der Waals surface area contributed by atoms with E-state index in [0.29, 0.717) is 42.4 Å². The number of rotatable bonds is 3. The SMILES string of the molecule is FC(F)(F)Oc1ccc2c(c1)CC[C@@]21CC(Oc2cncc(-c3nnco3)c2)=NO1. The van der Waals surface area contributed by atoms with Crippen LogP contribution < -0.4 is 9.47 Å². The molecule has 8 nitrogen and oxygen atoms in total. The number of alkyl halides is 3. The molecule has 0 amide bonds. The summed E-state index contributed by atoms with van der Waals surface area (Å²) in [6.45, 7) is 0. The lowest BCUT2D eigenvalue weighted by atomic mass is 9.92. The van der Waals surface area contributed by atoms with Gasteiger partial charge >= 0.3 is 6.36 Å². The maximum Gasteiger partial charge on any atom is 0.573 e. The predicted octanol–water partition coefficient (Wildman–Crippen LogP) is 3.98. The minimum atomic E-state index is -4.73. The molecular formula is C19H13F3N4O4. The summed E-state index contributed by atoms with van der Waals surface area (Å²) < 4.78 is 52.3. The lowest BCUT2D eigenvalue weighted by Crippen LogP contribution is -2.24. The zero-order valence-electron chi connectivity index (χ0n) is 15.2. The van der Waals surface area contributed by atoms with Crippen LogP contribution in [0.3, 0.4) is 0 Å². The third kappa shape index (κ3) is 3.42. The van der Waals surface area contributed by atoms with E-state index in [0.717, 1.165) is 11.1 Å². The van der Waals surface area contributed by atoms with Gasteiger partial charge in [-0.25, -0.2) is 0 Å². The van der Waals surface area contributed by atoms with Gasteiger partial charge in [-0.05, 0) is 36.6 Å². The first kappa shape index (κ1) is 18.4. The molecule has 30 heavy (non-hydrogen) atoms. The maximum atomic E-state index is 12.5. The third-order valence-electron chi connectivity index (χ3n) is 4.91. The van der Waals surface area contributed by atoms with Crippen LogP contribution in [0.25, 0.3) is 11.5 Å². The number of aryl methyl sites for hydroxylation is 1. The van der Waals surface area contributed by atoms with Gasteiger partial charge in [0.25, 0.3) is 0 Å². The molecule has 11 heteroatoms. The fourth-order valence-electron chi connectivity index (χ4n) is 3.70. The highest BCUT2D eigenvalue weighted by atomic mass is 19.4. The lowest BCUT2D eigenvalue weighted by Gasteiger charge is -2.21. The van der Waals surface area contributed by atoms with E-state index < -0.39 is 12.0 Å². The fourth-order valence-corrected chi connectivity index (χ4v) is 3.70.